The number of hydrogen-bond donors (Lipinski definition) is 2. The van der Waals surface area contributed by atoms with Crippen molar-refractivity contribution in [3.63, 3.8) is 0 Å². The van der Waals surface area contributed by atoms with E-state index in [-0.39, 0.29) is 22.2 Å². The van der Waals surface area contributed by atoms with Gasteiger partial charge in [0.05, 0.1) is 13.2 Å². The molecule has 4 rings (SSSR count). The van der Waals surface area contributed by atoms with Gasteiger partial charge in [-0.1, -0.05) is 25.7 Å². The molecule has 4 heterocycles. The maximum atomic E-state index is 5.59. The summed E-state index contributed by atoms with van der Waals surface area (Å²) in [6, 6.07) is 1.06. The molecule has 3 fully saturated rings. The van der Waals surface area contributed by atoms with Crippen molar-refractivity contribution in [2.45, 2.75) is 161 Å². The zero-order chi connectivity index (χ0) is 32.2. The molecule has 0 unspecified atom stereocenters. The average molecular weight is 615 g/mol. The minimum atomic E-state index is 0.0621. The second-order valence-electron chi connectivity index (χ2n) is 16.8. The lowest BCUT2D eigenvalue weighted by atomic mass is 9.79. The Balaban J connectivity index is 1.30. The molecule has 0 spiro atoms. The van der Waals surface area contributed by atoms with Gasteiger partial charge >= 0.3 is 0 Å². The summed E-state index contributed by atoms with van der Waals surface area (Å²) in [5.74, 6) is 2.45. The fourth-order valence-corrected chi connectivity index (χ4v) is 8.53. The smallest absolute Gasteiger partial charge is 0.230 e. The van der Waals surface area contributed by atoms with Crippen molar-refractivity contribution in [2.24, 2.45) is 0 Å². The topological polar surface area (TPSA) is 81.7 Å². The lowest BCUT2D eigenvalue weighted by Gasteiger charge is -2.49. The molecule has 0 saturated carbocycles. The van der Waals surface area contributed by atoms with Gasteiger partial charge < -0.3 is 30.1 Å². The van der Waals surface area contributed by atoms with Crippen molar-refractivity contribution in [2.75, 3.05) is 56.2 Å². The number of nitrogens with one attached hydrogen (secondary N) is 2. The Kier molecular flexibility index (Phi) is 11.6. The molecule has 2 N–H and O–H groups in total. The van der Waals surface area contributed by atoms with Crippen molar-refractivity contribution in [1.29, 1.82) is 0 Å². The van der Waals surface area contributed by atoms with Crippen molar-refractivity contribution in [3.05, 3.63) is 5.82 Å². The van der Waals surface area contributed by atoms with Gasteiger partial charge in [-0.15, -0.1) is 0 Å². The summed E-state index contributed by atoms with van der Waals surface area (Å²) in [6.45, 7) is 26.1. The van der Waals surface area contributed by atoms with E-state index in [4.69, 9.17) is 19.7 Å². The molecule has 0 aliphatic carbocycles. The molecular weight excluding hydrogens is 548 g/mol. The highest BCUT2D eigenvalue weighted by Crippen LogP contribution is 2.34. The standard InChI is InChI=1S/C35H66N8O/c1-27-36-30(42-19-21-44-22-20-42)38-31(37-27)43(29-25-34(6,7)40-35(8,9)26-29)18-16-14-12-11-13-15-17-41(10)28-23-32(2,3)39-33(4,5)24-28/h28-29,39-40H,11-26H2,1-10H3. The molecule has 9 nitrogen and oxygen atoms in total. The Morgan fingerprint density at radius 2 is 1.16 bits per heavy atom. The summed E-state index contributed by atoms with van der Waals surface area (Å²) < 4.78 is 5.59. The number of morpholine rings is 1. The molecule has 0 bridgehead atoms. The molecule has 0 amide bonds. The van der Waals surface area contributed by atoms with Crippen molar-refractivity contribution in [1.82, 2.24) is 30.5 Å². The molecule has 0 atom stereocenters. The third kappa shape index (κ3) is 10.5. The number of aryl methyl sites for hydroxylation is 1. The van der Waals surface area contributed by atoms with Gasteiger partial charge in [-0.05, 0) is 114 Å². The van der Waals surface area contributed by atoms with Crippen LogP contribution in [0.2, 0.25) is 0 Å². The SMILES string of the molecule is Cc1nc(N2CCOCC2)nc(N(CCCCCCCCN(C)C2CC(C)(C)NC(C)(C)C2)C2CC(C)(C)NC(C)(C)C2)n1. The third-order valence-corrected chi connectivity index (χ3v) is 9.84. The first-order chi connectivity index (χ1) is 20.5. The van der Waals surface area contributed by atoms with E-state index in [0.717, 1.165) is 63.4 Å². The maximum Gasteiger partial charge on any atom is 0.230 e. The largest absolute Gasteiger partial charge is 0.378 e. The highest BCUT2D eigenvalue weighted by Gasteiger charge is 2.41. The maximum absolute atomic E-state index is 5.59. The van der Waals surface area contributed by atoms with Gasteiger partial charge in [0.25, 0.3) is 0 Å². The van der Waals surface area contributed by atoms with Crippen molar-refractivity contribution < 1.29 is 4.74 Å². The van der Waals surface area contributed by atoms with Crippen LogP contribution in [-0.4, -0.2) is 101 Å². The van der Waals surface area contributed by atoms with Gasteiger partial charge in [0.1, 0.15) is 5.82 Å². The Morgan fingerprint density at radius 1 is 0.682 bits per heavy atom. The predicted molar refractivity (Wildman–Crippen MR) is 184 cm³/mol. The molecule has 9 heteroatoms. The van der Waals surface area contributed by atoms with Gasteiger partial charge in [0.15, 0.2) is 0 Å². The number of aromatic nitrogens is 3. The number of piperidine rings is 2. The first-order valence-electron chi connectivity index (χ1n) is 17.6. The van der Waals surface area contributed by atoms with E-state index >= 15 is 0 Å². The van der Waals surface area contributed by atoms with Gasteiger partial charge in [-0.3, -0.25) is 0 Å². The van der Waals surface area contributed by atoms with Crippen LogP contribution in [0, 0.1) is 6.92 Å². The van der Waals surface area contributed by atoms with Gasteiger partial charge in [0.2, 0.25) is 11.9 Å². The van der Waals surface area contributed by atoms with Crippen molar-refractivity contribution in [3.8, 4) is 0 Å². The summed E-state index contributed by atoms with van der Waals surface area (Å²) in [6.07, 6.45) is 12.2. The molecule has 252 valence electrons. The van der Waals surface area contributed by atoms with E-state index in [9.17, 15) is 0 Å². The van der Waals surface area contributed by atoms with E-state index in [1.165, 1.54) is 57.9 Å². The normalized spacial score (nSPS) is 23.7. The lowest BCUT2D eigenvalue weighted by Crippen LogP contribution is -2.62. The van der Waals surface area contributed by atoms with Gasteiger partial charge in [0, 0.05) is 53.9 Å². The number of anilines is 2. The number of hydrogen-bond acceptors (Lipinski definition) is 9. The van der Waals surface area contributed by atoms with E-state index in [2.05, 4.69) is 87.8 Å². The molecule has 1 aromatic rings. The molecule has 0 radical (unpaired) electrons. The van der Waals surface area contributed by atoms with Crippen LogP contribution in [0.5, 0.6) is 0 Å². The molecule has 3 aliphatic rings. The molecule has 1 aromatic heterocycles. The van der Waals surface area contributed by atoms with Crippen LogP contribution in [0.15, 0.2) is 0 Å². The fraction of sp³-hybridized carbons (Fsp3) is 0.914. The van der Waals surface area contributed by atoms with E-state index in [0.29, 0.717) is 12.1 Å². The summed E-state index contributed by atoms with van der Waals surface area (Å²) >= 11 is 0. The number of rotatable bonds is 13. The monoisotopic (exact) mass is 615 g/mol. The second-order valence-corrected chi connectivity index (χ2v) is 16.8. The van der Waals surface area contributed by atoms with E-state index in [1.54, 1.807) is 0 Å². The summed E-state index contributed by atoms with van der Waals surface area (Å²) in [4.78, 5) is 22.2. The van der Waals surface area contributed by atoms with Crippen LogP contribution in [0.1, 0.15) is 125 Å². The van der Waals surface area contributed by atoms with Crippen LogP contribution in [0.4, 0.5) is 11.9 Å². The van der Waals surface area contributed by atoms with Crippen molar-refractivity contribution >= 4 is 11.9 Å². The zero-order valence-corrected chi connectivity index (χ0v) is 30.1. The minimum Gasteiger partial charge on any atom is -0.378 e. The average Bonchev–Trinajstić information content (AvgIpc) is 2.88. The third-order valence-electron chi connectivity index (χ3n) is 9.84. The van der Waals surface area contributed by atoms with Crippen LogP contribution in [0.25, 0.3) is 0 Å². The Bertz CT molecular complexity index is 1020. The Morgan fingerprint density at radius 3 is 1.70 bits per heavy atom. The number of unbranched alkanes of at least 4 members (excludes halogenated alkanes) is 5. The second kappa shape index (κ2) is 14.5. The fourth-order valence-electron chi connectivity index (χ4n) is 8.53. The molecule has 3 saturated heterocycles. The number of nitrogens with zero attached hydrogens (tertiary/aromatic N) is 6. The molecule has 3 aliphatic heterocycles. The Labute approximate surface area is 269 Å². The highest BCUT2D eigenvalue weighted by molar-refractivity contribution is 5.41. The van der Waals surface area contributed by atoms with Crippen LogP contribution < -0.4 is 20.4 Å². The van der Waals surface area contributed by atoms with E-state index in [1.807, 2.05) is 6.92 Å². The first-order valence-corrected chi connectivity index (χ1v) is 17.6. The first kappa shape index (κ1) is 35.3. The van der Waals surface area contributed by atoms with Crippen LogP contribution in [0.3, 0.4) is 0 Å². The lowest BCUT2D eigenvalue weighted by molar-refractivity contribution is 0.0805. The van der Waals surface area contributed by atoms with Gasteiger partial charge in [-0.25, -0.2) is 0 Å². The predicted octanol–water partition coefficient (Wildman–Crippen LogP) is 5.71. The summed E-state index contributed by atoms with van der Waals surface area (Å²) in [5.41, 5.74) is 0.537. The summed E-state index contributed by atoms with van der Waals surface area (Å²) in [5, 5.41) is 7.70. The molecule has 0 aromatic carbocycles. The molecular formula is C35H66N8O. The van der Waals surface area contributed by atoms with Crippen LogP contribution >= 0.6 is 0 Å². The quantitative estimate of drug-likeness (QED) is 0.272. The number of ether oxygens (including phenoxy) is 1. The minimum absolute atomic E-state index is 0.0621. The molecule has 44 heavy (non-hydrogen) atoms. The summed E-state index contributed by atoms with van der Waals surface area (Å²) in [7, 11) is 2.34. The Hall–Kier alpha value is -1.55. The zero-order valence-electron chi connectivity index (χ0n) is 30.1. The highest BCUT2D eigenvalue weighted by atomic mass is 16.5. The van der Waals surface area contributed by atoms with E-state index < -0.39 is 0 Å². The van der Waals surface area contributed by atoms with Gasteiger partial charge in [-0.2, -0.15) is 15.0 Å². The van der Waals surface area contributed by atoms with Crippen LogP contribution in [-0.2, 0) is 4.74 Å².